The highest BCUT2D eigenvalue weighted by molar-refractivity contribution is 7.12. The minimum atomic E-state index is -0.360. The van der Waals surface area contributed by atoms with Gasteiger partial charge in [0.2, 0.25) is 0 Å². The summed E-state index contributed by atoms with van der Waals surface area (Å²) in [5.74, 6) is -0.0297. The lowest BCUT2D eigenvalue weighted by Gasteiger charge is -2.24. The van der Waals surface area contributed by atoms with Crippen molar-refractivity contribution < 1.29 is 9.53 Å². The van der Waals surface area contributed by atoms with Crippen LogP contribution in [-0.2, 0) is 9.53 Å². The summed E-state index contributed by atoms with van der Waals surface area (Å²) in [7, 11) is 0. The first-order valence-corrected chi connectivity index (χ1v) is 7.09. The van der Waals surface area contributed by atoms with Crippen LogP contribution in [0.1, 0.15) is 28.3 Å². The lowest BCUT2D eigenvalue weighted by Crippen LogP contribution is -2.48. The maximum absolute atomic E-state index is 12.0. The van der Waals surface area contributed by atoms with Gasteiger partial charge >= 0.3 is 0 Å². The maximum atomic E-state index is 12.0. The summed E-state index contributed by atoms with van der Waals surface area (Å²) < 4.78 is 5.44. The summed E-state index contributed by atoms with van der Waals surface area (Å²) in [6.45, 7) is 8.21. The Kier molecular flexibility index (Phi) is 6.26. The van der Waals surface area contributed by atoms with Crippen LogP contribution in [0.4, 0.5) is 0 Å². The van der Waals surface area contributed by atoms with Gasteiger partial charge in [0.1, 0.15) is 6.10 Å². The van der Waals surface area contributed by atoms with Crippen molar-refractivity contribution in [1.82, 2.24) is 10.6 Å². The quantitative estimate of drug-likeness (QED) is 0.897. The number of hydrogen-bond donors (Lipinski definition) is 2. The van der Waals surface area contributed by atoms with Gasteiger partial charge < -0.3 is 15.4 Å². The van der Waals surface area contributed by atoms with E-state index in [1.165, 1.54) is 15.3 Å². The highest BCUT2D eigenvalue weighted by Gasteiger charge is 2.23. The van der Waals surface area contributed by atoms with Gasteiger partial charge in [-0.15, -0.1) is 23.7 Å². The molecule has 0 aliphatic carbocycles. The van der Waals surface area contributed by atoms with Gasteiger partial charge in [0.05, 0.1) is 12.6 Å². The summed E-state index contributed by atoms with van der Waals surface area (Å²) in [5, 5.41) is 6.18. The lowest BCUT2D eigenvalue weighted by atomic mass is 10.1. The van der Waals surface area contributed by atoms with E-state index in [4.69, 9.17) is 4.74 Å². The van der Waals surface area contributed by atoms with Gasteiger partial charge in [-0.2, -0.15) is 0 Å². The maximum Gasteiger partial charge on any atom is 0.250 e. The van der Waals surface area contributed by atoms with Crippen molar-refractivity contribution in [3.63, 3.8) is 0 Å². The number of hydrogen-bond acceptors (Lipinski definition) is 4. The van der Waals surface area contributed by atoms with Gasteiger partial charge in [0, 0.05) is 22.8 Å². The van der Waals surface area contributed by atoms with E-state index in [0.717, 1.165) is 6.54 Å². The third-order valence-electron chi connectivity index (χ3n) is 3.12. The normalized spacial score (nSPS) is 20.5. The molecular formula is C13H21ClN2O2S. The fourth-order valence-corrected chi connectivity index (χ4v) is 3.22. The Morgan fingerprint density at radius 3 is 2.84 bits per heavy atom. The number of carbonyl (C=O) groups is 1. The molecule has 0 radical (unpaired) electrons. The van der Waals surface area contributed by atoms with Crippen molar-refractivity contribution in [2.24, 2.45) is 0 Å². The number of rotatable bonds is 3. The van der Waals surface area contributed by atoms with E-state index >= 15 is 0 Å². The number of ether oxygens (including phenoxy) is 1. The number of amides is 1. The van der Waals surface area contributed by atoms with Crippen LogP contribution in [0.3, 0.4) is 0 Å². The number of carbonyl (C=O) groups excluding carboxylic acids is 1. The summed E-state index contributed by atoms with van der Waals surface area (Å²) >= 11 is 1.77. The Balaban J connectivity index is 0.00000180. The minimum Gasteiger partial charge on any atom is -0.366 e. The molecule has 1 aromatic heterocycles. The largest absolute Gasteiger partial charge is 0.366 e. The molecule has 19 heavy (non-hydrogen) atoms. The first-order chi connectivity index (χ1) is 8.58. The molecule has 0 spiro atoms. The second-order valence-electron chi connectivity index (χ2n) is 4.66. The molecule has 1 fully saturated rings. The van der Waals surface area contributed by atoms with Crippen molar-refractivity contribution in [2.45, 2.75) is 32.9 Å². The Bertz CT molecular complexity index is 430. The van der Waals surface area contributed by atoms with Crippen LogP contribution >= 0.6 is 23.7 Å². The predicted molar refractivity (Wildman–Crippen MR) is 80.2 cm³/mol. The van der Waals surface area contributed by atoms with Crippen molar-refractivity contribution in [2.75, 3.05) is 19.7 Å². The van der Waals surface area contributed by atoms with E-state index in [-0.39, 0.29) is 30.5 Å². The molecule has 1 amide bonds. The fourth-order valence-electron chi connectivity index (χ4n) is 2.20. The summed E-state index contributed by atoms with van der Waals surface area (Å²) in [5.41, 5.74) is 1.20. The Hall–Kier alpha value is -0.620. The highest BCUT2D eigenvalue weighted by atomic mass is 35.5. The standard InChI is InChI=1S/C13H20N2O2S.ClH/c1-8-6-11(10(3)18-8)9(2)15-13(16)12-7-14-4-5-17-12;/h6,9,12,14H,4-5,7H2,1-3H3,(H,15,16);1H. The number of morpholine rings is 1. The number of thiophene rings is 1. The molecule has 0 saturated carbocycles. The van der Waals surface area contributed by atoms with Gasteiger partial charge in [0.15, 0.2) is 0 Å². The molecule has 0 bridgehead atoms. The fraction of sp³-hybridized carbons (Fsp3) is 0.615. The van der Waals surface area contributed by atoms with E-state index < -0.39 is 0 Å². The molecule has 2 rings (SSSR count). The molecule has 1 saturated heterocycles. The van der Waals surface area contributed by atoms with Crippen LogP contribution in [0.25, 0.3) is 0 Å². The van der Waals surface area contributed by atoms with Crippen molar-refractivity contribution >= 4 is 29.7 Å². The minimum absolute atomic E-state index is 0. The monoisotopic (exact) mass is 304 g/mol. The molecule has 0 aromatic carbocycles. The molecule has 1 aromatic rings. The van der Waals surface area contributed by atoms with Gasteiger partial charge in [-0.1, -0.05) is 0 Å². The smallest absolute Gasteiger partial charge is 0.250 e. The van der Waals surface area contributed by atoms with Crippen LogP contribution in [0.5, 0.6) is 0 Å². The number of halogens is 1. The lowest BCUT2D eigenvalue weighted by molar-refractivity contribution is -0.134. The molecular weight excluding hydrogens is 284 g/mol. The third-order valence-corrected chi connectivity index (χ3v) is 4.11. The molecule has 2 N–H and O–H groups in total. The Morgan fingerprint density at radius 2 is 2.32 bits per heavy atom. The second-order valence-corrected chi connectivity index (χ2v) is 6.12. The molecule has 1 aliphatic heterocycles. The van der Waals surface area contributed by atoms with E-state index in [0.29, 0.717) is 13.2 Å². The molecule has 1 aliphatic rings. The number of nitrogens with one attached hydrogen (secondary N) is 2. The topological polar surface area (TPSA) is 50.4 Å². The van der Waals surface area contributed by atoms with Crippen LogP contribution in [0.15, 0.2) is 6.07 Å². The Labute approximate surface area is 124 Å². The molecule has 6 heteroatoms. The van der Waals surface area contributed by atoms with Gasteiger partial charge in [-0.25, -0.2) is 0 Å². The SMILES string of the molecule is Cc1cc(C(C)NC(=O)C2CNCCO2)c(C)s1.Cl. The summed E-state index contributed by atoms with van der Waals surface area (Å²) in [4.78, 5) is 14.6. The van der Waals surface area contributed by atoms with E-state index in [1.807, 2.05) is 6.92 Å². The predicted octanol–water partition coefficient (Wildman–Crippen LogP) is 1.95. The summed E-state index contributed by atoms with van der Waals surface area (Å²) in [6.07, 6.45) is -0.360. The average Bonchev–Trinajstić information content (AvgIpc) is 2.69. The Morgan fingerprint density at radius 1 is 1.58 bits per heavy atom. The second kappa shape index (κ2) is 7.24. The first-order valence-electron chi connectivity index (χ1n) is 6.27. The van der Waals surface area contributed by atoms with Gasteiger partial charge in [0.25, 0.3) is 5.91 Å². The van der Waals surface area contributed by atoms with Crippen LogP contribution < -0.4 is 10.6 Å². The molecule has 2 atom stereocenters. The van der Waals surface area contributed by atoms with Crippen LogP contribution in [-0.4, -0.2) is 31.7 Å². The van der Waals surface area contributed by atoms with E-state index in [1.54, 1.807) is 11.3 Å². The van der Waals surface area contributed by atoms with Crippen molar-refractivity contribution in [3.05, 3.63) is 21.4 Å². The zero-order valence-electron chi connectivity index (χ0n) is 11.5. The van der Waals surface area contributed by atoms with Gasteiger partial charge in [-0.05, 0) is 32.4 Å². The summed E-state index contributed by atoms with van der Waals surface area (Å²) in [6, 6.07) is 2.18. The van der Waals surface area contributed by atoms with E-state index in [2.05, 4.69) is 30.5 Å². The van der Waals surface area contributed by atoms with Crippen LogP contribution in [0, 0.1) is 13.8 Å². The van der Waals surface area contributed by atoms with Crippen molar-refractivity contribution in [3.8, 4) is 0 Å². The first kappa shape index (κ1) is 16.4. The van der Waals surface area contributed by atoms with Crippen molar-refractivity contribution in [1.29, 1.82) is 0 Å². The van der Waals surface area contributed by atoms with Gasteiger partial charge in [-0.3, -0.25) is 4.79 Å². The zero-order valence-corrected chi connectivity index (χ0v) is 13.1. The molecule has 2 unspecified atom stereocenters. The molecule has 4 nitrogen and oxygen atoms in total. The zero-order chi connectivity index (χ0) is 13.1. The molecule has 108 valence electrons. The van der Waals surface area contributed by atoms with Crippen LogP contribution in [0.2, 0.25) is 0 Å². The van der Waals surface area contributed by atoms with E-state index in [9.17, 15) is 4.79 Å². The highest BCUT2D eigenvalue weighted by Crippen LogP contribution is 2.26. The average molecular weight is 305 g/mol. The molecule has 2 heterocycles. The number of aryl methyl sites for hydroxylation is 2. The third kappa shape index (κ3) is 4.18.